The average molecular weight is 513 g/mol. The molecule has 10 heteroatoms. The molecule has 1 saturated carbocycles. The fraction of sp³-hybridized carbons (Fsp3) is 0.385. The van der Waals surface area contributed by atoms with Crippen LogP contribution in [0.5, 0.6) is 5.75 Å². The van der Waals surface area contributed by atoms with Crippen LogP contribution in [0.15, 0.2) is 52.1 Å². The molecule has 0 atom stereocenters. The number of hydrogen-bond donors (Lipinski definition) is 1. The van der Waals surface area contributed by atoms with Crippen LogP contribution in [0.3, 0.4) is 0 Å². The van der Waals surface area contributed by atoms with Crippen LogP contribution in [0.2, 0.25) is 5.02 Å². The van der Waals surface area contributed by atoms with Crippen molar-refractivity contribution < 1.29 is 14.3 Å². The number of esters is 1. The number of nitrogens with one attached hydrogen (secondary N) is 1. The molecule has 0 unspecified atom stereocenters. The zero-order chi connectivity index (χ0) is 26.0. The Bertz CT molecular complexity index is 1390. The van der Waals surface area contributed by atoms with E-state index in [2.05, 4.69) is 10.3 Å². The number of methoxy groups -OCH3 is 1. The van der Waals surface area contributed by atoms with Gasteiger partial charge in [0.25, 0.3) is 0 Å². The summed E-state index contributed by atoms with van der Waals surface area (Å²) >= 11 is 6.02. The highest BCUT2D eigenvalue weighted by atomic mass is 35.5. The highest BCUT2D eigenvalue weighted by Gasteiger charge is 2.52. The number of hydrogen-bond acceptors (Lipinski definition) is 7. The van der Waals surface area contributed by atoms with E-state index in [1.807, 2.05) is 32.9 Å². The van der Waals surface area contributed by atoms with Crippen molar-refractivity contribution in [1.82, 2.24) is 14.1 Å². The Morgan fingerprint density at radius 1 is 1.14 bits per heavy atom. The molecule has 0 amide bonds. The van der Waals surface area contributed by atoms with Crippen LogP contribution in [0, 0.1) is 12.3 Å². The average Bonchev–Trinajstić information content (AvgIpc) is 3.62. The summed E-state index contributed by atoms with van der Waals surface area (Å²) in [5.74, 6) is 0.408. The molecule has 4 rings (SSSR count). The van der Waals surface area contributed by atoms with Gasteiger partial charge in [0.05, 0.1) is 25.2 Å². The second kappa shape index (κ2) is 10.2. The largest absolute Gasteiger partial charge is 0.491 e. The van der Waals surface area contributed by atoms with E-state index in [0.717, 1.165) is 21.4 Å². The third-order valence-electron chi connectivity index (χ3n) is 6.13. The molecule has 0 aliphatic heterocycles. The van der Waals surface area contributed by atoms with E-state index in [1.165, 1.54) is 11.7 Å². The van der Waals surface area contributed by atoms with Gasteiger partial charge in [-0.3, -0.25) is 9.36 Å². The van der Waals surface area contributed by atoms with E-state index >= 15 is 0 Å². The molecule has 0 radical (unpaired) electrons. The monoisotopic (exact) mass is 512 g/mol. The van der Waals surface area contributed by atoms with Crippen LogP contribution in [-0.2, 0) is 22.6 Å². The molecule has 36 heavy (non-hydrogen) atoms. The first-order valence-corrected chi connectivity index (χ1v) is 12.1. The summed E-state index contributed by atoms with van der Waals surface area (Å²) in [6, 6.07) is 12.5. The molecular formula is C26H29ClN4O5. The van der Waals surface area contributed by atoms with Crippen molar-refractivity contribution in [2.24, 2.45) is 5.41 Å². The van der Waals surface area contributed by atoms with Crippen LogP contribution in [0.4, 0.5) is 11.6 Å². The number of benzene rings is 2. The maximum atomic E-state index is 13.6. The molecule has 9 nitrogen and oxygen atoms in total. The van der Waals surface area contributed by atoms with Crippen molar-refractivity contribution in [2.45, 2.75) is 52.8 Å². The molecule has 1 N–H and O–H groups in total. The lowest BCUT2D eigenvalue weighted by Gasteiger charge is -2.19. The van der Waals surface area contributed by atoms with Crippen LogP contribution in [-0.4, -0.2) is 33.3 Å². The SMILES string of the molecule is COC(=O)C1(Cn2c(=O)nc(Nc3ccc(OC(C)C)c(C)c3)n(Cc3ccc(Cl)cc3)c2=O)CC1. The molecule has 1 fully saturated rings. The summed E-state index contributed by atoms with van der Waals surface area (Å²) in [7, 11) is 1.30. The van der Waals surface area contributed by atoms with Crippen molar-refractivity contribution in [3.63, 3.8) is 0 Å². The number of aromatic nitrogens is 3. The Labute approximate surface area is 213 Å². The Hall–Kier alpha value is -3.59. The zero-order valence-electron chi connectivity index (χ0n) is 20.7. The minimum Gasteiger partial charge on any atom is -0.491 e. The summed E-state index contributed by atoms with van der Waals surface area (Å²) < 4.78 is 13.1. The first-order chi connectivity index (χ1) is 17.1. The molecule has 1 heterocycles. The number of rotatable bonds is 9. The fourth-order valence-corrected chi connectivity index (χ4v) is 4.14. The highest BCUT2D eigenvalue weighted by molar-refractivity contribution is 6.30. The van der Waals surface area contributed by atoms with E-state index < -0.39 is 22.8 Å². The van der Waals surface area contributed by atoms with Gasteiger partial charge < -0.3 is 14.8 Å². The van der Waals surface area contributed by atoms with Gasteiger partial charge in [-0.05, 0) is 75.1 Å². The standard InChI is InChI=1S/C26H29ClN4O5/c1-16(2)36-21-10-9-20(13-17(21)3)28-23-29-24(33)31(15-26(11-12-26)22(32)35-4)25(34)30(23)14-18-5-7-19(27)8-6-18/h5-10,13,16H,11-12,14-15H2,1-4H3,(H,28,29,33). The van der Waals surface area contributed by atoms with Gasteiger partial charge in [0.15, 0.2) is 0 Å². The lowest BCUT2D eigenvalue weighted by molar-refractivity contribution is -0.147. The van der Waals surface area contributed by atoms with E-state index in [1.54, 1.807) is 30.3 Å². The predicted molar refractivity (Wildman–Crippen MR) is 137 cm³/mol. The van der Waals surface area contributed by atoms with Crippen molar-refractivity contribution in [2.75, 3.05) is 12.4 Å². The maximum absolute atomic E-state index is 13.6. The van der Waals surface area contributed by atoms with E-state index in [4.69, 9.17) is 21.1 Å². The summed E-state index contributed by atoms with van der Waals surface area (Å²) in [6.07, 6.45) is 1.13. The molecule has 190 valence electrons. The number of carbonyl (C=O) groups excluding carboxylic acids is 1. The molecule has 1 aliphatic rings. The Kier molecular flexibility index (Phi) is 7.21. The number of halogens is 1. The molecule has 1 aliphatic carbocycles. The molecular weight excluding hydrogens is 484 g/mol. The van der Waals surface area contributed by atoms with Gasteiger partial charge in [0.1, 0.15) is 5.75 Å². The van der Waals surface area contributed by atoms with E-state index in [0.29, 0.717) is 23.6 Å². The third kappa shape index (κ3) is 5.46. The van der Waals surface area contributed by atoms with Gasteiger partial charge in [-0.1, -0.05) is 23.7 Å². The summed E-state index contributed by atoms with van der Waals surface area (Å²) in [5, 5.41) is 3.68. The first-order valence-electron chi connectivity index (χ1n) is 11.7. The normalized spacial score (nSPS) is 13.9. The lowest BCUT2D eigenvalue weighted by Crippen LogP contribution is -2.45. The van der Waals surface area contributed by atoms with Gasteiger partial charge in [-0.15, -0.1) is 0 Å². The van der Waals surface area contributed by atoms with Crippen molar-refractivity contribution in [1.29, 1.82) is 0 Å². The van der Waals surface area contributed by atoms with Crippen molar-refractivity contribution >= 4 is 29.2 Å². The van der Waals surface area contributed by atoms with E-state index in [9.17, 15) is 14.4 Å². The van der Waals surface area contributed by atoms with Crippen LogP contribution >= 0.6 is 11.6 Å². The highest BCUT2D eigenvalue weighted by Crippen LogP contribution is 2.47. The van der Waals surface area contributed by atoms with Crippen LogP contribution in [0.1, 0.15) is 37.8 Å². The van der Waals surface area contributed by atoms with Gasteiger partial charge in [-0.25, -0.2) is 14.2 Å². The van der Waals surface area contributed by atoms with Crippen molar-refractivity contribution in [3.8, 4) is 5.75 Å². The number of ether oxygens (including phenoxy) is 2. The molecule has 0 bridgehead atoms. The summed E-state index contributed by atoms with van der Waals surface area (Å²) in [5.41, 5.74) is 0.159. The van der Waals surface area contributed by atoms with Crippen LogP contribution < -0.4 is 21.4 Å². The third-order valence-corrected chi connectivity index (χ3v) is 6.38. The maximum Gasteiger partial charge on any atom is 0.354 e. The Balaban J connectivity index is 1.74. The molecule has 0 spiro atoms. The smallest absolute Gasteiger partial charge is 0.354 e. The van der Waals surface area contributed by atoms with Gasteiger partial charge in [0, 0.05) is 17.3 Å². The molecule has 0 saturated heterocycles. The van der Waals surface area contributed by atoms with Gasteiger partial charge >= 0.3 is 17.3 Å². The zero-order valence-corrected chi connectivity index (χ0v) is 21.5. The molecule has 2 aromatic carbocycles. The molecule has 3 aromatic rings. The quantitative estimate of drug-likeness (QED) is 0.433. The minimum absolute atomic E-state index is 0.0288. The predicted octanol–water partition coefficient (Wildman–Crippen LogP) is 3.90. The van der Waals surface area contributed by atoms with E-state index in [-0.39, 0.29) is 25.1 Å². The Morgan fingerprint density at radius 3 is 2.42 bits per heavy atom. The second-order valence-electron chi connectivity index (χ2n) is 9.34. The van der Waals surface area contributed by atoms with Gasteiger partial charge in [0.2, 0.25) is 5.95 Å². The number of nitrogens with zero attached hydrogens (tertiary/aromatic N) is 3. The summed E-state index contributed by atoms with van der Waals surface area (Å²) in [6.45, 7) is 5.88. The Morgan fingerprint density at radius 2 is 1.83 bits per heavy atom. The number of anilines is 2. The molecule has 1 aromatic heterocycles. The summed E-state index contributed by atoms with van der Waals surface area (Å²) in [4.78, 5) is 43.0. The fourth-order valence-electron chi connectivity index (χ4n) is 4.01. The second-order valence-corrected chi connectivity index (χ2v) is 9.78. The lowest BCUT2D eigenvalue weighted by atomic mass is 10.1. The van der Waals surface area contributed by atoms with Crippen LogP contribution in [0.25, 0.3) is 0 Å². The van der Waals surface area contributed by atoms with Crippen molar-refractivity contribution in [3.05, 3.63) is 79.6 Å². The first kappa shape index (κ1) is 25.5. The number of aryl methyl sites for hydroxylation is 1. The minimum atomic E-state index is -0.865. The number of carbonyl (C=O) groups is 1. The topological polar surface area (TPSA) is 104 Å². The van der Waals surface area contributed by atoms with Gasteiger partial charge in [-0.2, -0.15) is 4.98 Å².